The lowest BCUT2D eigenvalue weighted by Crippen LogP contribution is -2.80. The molecule has 2 unspecified atom stereocenters. The summed E-state index contributed by atoms with van der Waals surface area (Å²) < 4.78 is 21.8. The molecule has 5 aliphatic rings. The van der Waals surface area contributed by atoms with E-state index in [0.717, 1.165) is 75.9 Å². The molecule has 2 bridgehead atoms. The number of piperidine rings is 1. The van der Waals surface area contributed by atoms with Crippen molar-refractivity contribution < 1.29 is 13.9 Å². The maximum atomic E-state index is 13.6. The van der Waals surface area contributed by atoms with E-state index in [2.05, 4.69) is 67.8 Å². The number of fused-ring (bicyclic) bond motifs is 2. The van der Waals surface area contributed by atoms with Gasteiger partial charge in [0.1, 0.15) is 23.3 Å². The summed E-state index contributed by atoms with van der Waals surface area (Å²) in [5.74, 6) is 2.53. The van der Waals surface area contributed by atoms with E-state index in [4.69, 9.17) is 16.3 Å². The summed E-state index contributed by atoms with van der Waals surface area (Å²) in [7, 11) is 0. The van der Waals surface area contributed by atoms with E-state index in [1.165, 1.54) is 29.3 Å². The third-order valence-electron chi connectivity index (χ3n) is 12.2. The number of aryl methyl sites for hydroxylation is 2. The lowest BCUT2D eigenvalue weighted by atomic mass is 9.32. The van der Waals surface area contributed by atoms with Crippen LogP contribution in [0.4, 0.5) is 10.2 Å². The maximum absolute atomic E-state index is 13.6. The molecule has 2 saturated heterocycles. The van der Waals surface area contributed by atoms with Gasteiger partial charge in [0.15, 0.2) is 5.82 Å². The zero-order valence-electron chi connectivity index (χ0n) is 28.2. The standard InChI is InChI=1S/C38H41ClFN7O2/c1-23-26(4-6-33-31(23)15-30(16-41)47(33)13-9-37-21-38(22-37,24(37)2)44-25(3)48)17-45-12-8-27-19-46(20-28(27)18-45)35-36(43-11-10-42-35)49-34-7-5-29(40)14-32(34)39/h4-7,10-11,14-15,24,27-28H,8-9,12-13,17-22H2,1-3H3,(H,44,48)/t24-,27?,28?,37?,38?/m0/s1. The van der Waals surface area contributed by atoms with Crippen LogP contribution < -0.4 is 15.0 Å². The number of anilines is 1. The molecule has 4 aromatic rings. The Morgan fingerprint density at radius 2 is 1.94 bits per heavy atom. The van der Waals surface area contributed by atoms with Gasteiger partial charge in [-0.3, -0.25) is 9.69 Å². The van der Waals surface area contributed by atoms with Gasteiger partial charge in [-0.05, 0) is 104 Å². The van der Waals surface area contributed by atoms with Gasteiger partial charge in [0.2, 0.25) is 5.91 Å². The van der Waals surface area contributed by atoms with E-state index in [1.54, 1.807) is 19.3 Å². The molecule has 49 heavy (non-hydrogen) atoms. The summed E-state index contributed by atoms with van der Waals surface area (Å²) in [6.45, 7) is 11.5. The quantitative estimate of drug-likeness (QED) is 0.206. The second-order valence-electron chi connectivity index (χ2n) is 14.9. The second-order valence-corrected chi connectivity index (χ2v) is 15.3. The topological polar surface area (TPSA) is 99.3 Å². The number of nitrogens with zero attached hydrogens (tertiary/aromatic N) is 6. The Balaban J connectivity index is 0.932. The van der Waals surface area contributed by atoms with Gasteiger partial charge >= 0.3 is 0 Å². The molecule has 254 valence electrons. The smallest absolute Gasteiger partial charge is 0.263 e. The lowest BCUT2D eigenvalue weighted by Gasteiger charge is -2.76. The number of rotatable bonds is 9. The first-order valence-electron chi connectivity index (χ1n) is 17.3. The summed E-state index contributed by atoms with van der Waals surface area (Å²) in [4.78, 5) is 25.6. The number of carbonyl (C=O) groups excluding carboxylic acids is 1. The fraction of sp³-hybridized carbons (Fsp3) is 0.474. The average Bonchev–Trinajstić information content (AvgIpc) is 3.66. The highest BCUT2D eigenvalue weighted by molar-refractivity contribution is 6.32. The molecule has 5 fully saturated rings. The minimum Gasteiger partial charge on any atom is -0.434 e. The van der Waals surface area contributed by atoms with E-state index < -0.39 is 5.82 Å². The van der Waals surface area contributed by atoms with Gasteiger partial charge in [0.05, 0.1) is 5.02 Å². The average molecular weight is 682 g/mol. The van der Waals surface area contributed by atoms with E-state index in [0.29, 0.717) is 40.9 Å². The molecule has 4 heterocycles. The van der Waals surface area contributed by atoms with E-state index >= 15 is 0 Å². The number of aromatic nitrogens is 3. The fourth-order valence-corrected chi connectivity index (χ4v) is 9.72. The minimum absolute atomic E-state index is 0.00756. The monoisotopic (exact) mass is 681 g/mol. The van der Waals surface area contributed by atoms with Crippen LogP contribution in [0.3, 0.4) is 0 Å². The van der Waals surface area contributed by atoms with Gasteiger partial charge in [-0.25, -0.2) is 14.4 Å². The van der Waals surface area contributed by atoms with Crippen molar-refractivity contribution in [2.24, 2.45) is 23.2 Å². The summed E-state index contributed by atoms with van der Waals surface area (Å²) in [5, 5.41) is 14.6. The largest absolute Gasteiger partial charge is 0.434 e. The molecule has 0 spiro atoms. The van der Waals surface area contributed by atoms with Crippen LogP contribution in [0.2, 0.25) is 5.02 Å². The molecular weight excluding hydrogens is 641 g/mol. The lowest BCUT2D eigenvalue weighted by molar-refractivity contribution is -0.225. The minimum atomic E-state index is -0.422. The highest BCUT2D eigenvalue weighted by Crippen LogP contribution is 2.73. The van der Waals surface area contributed by atoms with Crippen LogP contribution in [0, 0.1) is 47.2 Å². The van der Waals surface area contributed by atoms with Gasteiger partial charge in [0, 0.05) is 68.5 Å². The Bertz CT molecular complexity index is 2000. The van der Waals surface area contributed by atoms with Crippen LogP contribution in [0.25, 0.3) is 10.9 Å². The van der Waals surface area contributed by atoms with Gasteiger partial charge in [-0.1, -0.05) is 24.6 Å². The summed E-state index contributed by atoms with van der Waals surface area (Å²) in [6.07, 6.45) is 7.46. The number of likely N-dealkylation sites (tertiary alicyclic amines) is 1. The molecule has 9 nitrogen and oxygen atoms in total. The number of hydrogen-bond donors (Lipinski definition) is 1. The summed E-state index contributed by atoms with van der Waals surface area (Å²) >= 11 is 6.24. The molecule has 2 aromatic carbocycles. The van der Waals surface area contributed by atoms with Gasteiger partial charge < -0.3 is 19.5 Å². The Hall–Kier alpha value is -4.20. The maximum Gasteiger partial charge on any atom is 0.263 e. The van der Waals surface area contributed by atoms with Gasteiger partial charge in [0.25, 0.3) is 5.88 Å². The zero-order chi connectivity index (χ0) is 34.1. The molecular formula is C38H41ClFN7O2. The van der Waals surface area contributed by atoms with E-state index in [1.807, 2.05) is 0 Å². The Morgan fingerprint density at radius 1 is 1.14 bits per heavy atom. The third kappa shape index (κ3) is 5.42. The second kappa shape index (κ2) is 12.0. The molecule has 1 amide bonds. The number of ether oxygens (including phenoxy) is 1. The van der Waals surface area contributed by atoms with Crippen molar-refractivity contribution in [1.82, 2.24) is 24.8 Å². The molecule has 3 saturated carbocycles. The van der Waals surface area contributed by atoms with Crippen molar-refractivity contribution >= 4 is 34.2 Å². The number of hydrogen-bond acceptors (Lipinski definition) is 7. The van der Waals surface area contributed by atoms with Crippen molar-refractivity contribution in [3.63, 3.8) is 0 Å². The third-order valence-corrected chi connectivity index (χ3v) is 12.5. The Labute approximate surface area is 291 Å². The molecule has 9 rings (SSSR count). The first-order valence-corrected chi connectivity index (χ1v) is 17.7. The van der Waals surface area contributed by atoms with Crippen LogP contribution in [0.15, 0.2) is 48.8 Å². The van der Waals surface area contributed by atoms with E-state index in [-0.39, 0.29) is 21.9 Å². The Kier molecular flexibility index (Phi) is 7.84. The highest BCUT2D eigenvalue weighted by Gasteiger charge is 2.73. The molecule has 3 aliphatic carbocycles. The molecule has 1 N–H and O–H groups in total. The predicted octanol–water partition coefficient (Wildman–Crippen LogP) is 6.85. The number of halogens is 2. The van der Waals surface area contributed by atoms with Crippen LogP contribution in [0.1, 0.15) is 56.4 Å². The SMILES string of the molecule is CC(=O)NC12CC(CCn3c(C#N)cc4c(C)c(CN5CCC6CN(c7nccnc7Oc7ccc(F)cc7Cl)CC6C5)ccc43)(C1)[C@@H]2C. The summed E-state index contributed by atoms with van der Waals surface area (Å²) in [5.41, 5.74) is 4.64. The van der Waals surface area contributed by atoms with Crippen LogP contribution in [0.5, 0.6) is 11.6 Å². The number of nitriles is 1. The van der Waals surface area contributed by atoms with Crippen LogP contribution >= 0.6 is 11.6 Å². The predicted molar refractivity (Wildman–Crippen MR) is 186 cm³/mol. The molecule has 2 aliphatic heterocycles. The first-order chi connectivity index (χ1) is 23.6. The normalized spacial score (nSPS) is 27.3. The number of benzene rings is 2. The summed E-state index contributed by atoms with van der Waals surface area (Å²) in [6, 6.07) is 13.0. The van der Waals surface area contributed by atoms with Gasteiger partial charge in [-0.15, -0.1) is 0 Å². The van der Waals surface area contributed by atoms with Crippen molar-refractivity contribution in [2.45, 2.75) is 65.1 Å². The van der Waals surface area contributed by atoms with E-state index in [9.17, 15) is 14.4 Å². The van der Waals surface area contributed by atoms with Crippen molar-refractivity contribution in [1.29, 1.82) is 5.26 Å². The highest BCUT2D eigenvalue weighted by atomic mass is 35.5. The molecule has 2 aromatic heterocycles. The zero-order valence-corrected chi connectivity index (χ0v) is 28.9. The Morgan fingerprint density at radius 3 is 2.69 bits per heavy atom. The van der Waals surface area contributed by atoms with Gasteiger partial charge in [-0.2, -0.15) is 5.26 Å². The van der Waals surface area contributed by atoms with Crippen LogP contribution in [-0.2, 0) is 17.9 Å². The fourth-order valence-electron chi connectivity index (χ4n) is 9.51. The number of amides is 1. The van der Waals surface area contributed by atoms with Crippen LogP contribution in [-0.4, -0.2) is 57.1 Å². The number of carbonyl (C=O) groups is 1. The van der Waals surface area contributed by atoms with Crippen molar-refractivity contribution in [3.05, 3.63) is 76.5 Å². The van der Waals surface area contributed by atoms with Crippen molar-refractivity contribution in [2.75, 3.05) is 31.1 Å². The number of nitrogens with one attached hydrogen (secondary N) is 1. The first kappa shape index (κ1) is 32.0. The molecule has 3 atom stereocenters. The van der Waals surface area contributed by atoms with Crippen molar-refractivity contribution in [3.8, 4) is 17.7 Å². The molecule has 0 radical (unpaired) electrons. The molecule has 11 heteroatoms.